The summed E-state index contributed by atoms with van der Waals surface area (Å²) in [5.41, 5.74) is 0. The van der Waals surface area contributed by atoms with E-state index in [4.69, 9.17) is 14.2 Å². The summed E-state index contributed by atoms with van der Waals surface area (Å²) in [5, 5.41) is 0. The molecular weight excluding hydrogens is 997 g/mol. The third-order valence-corrected chi connectivity index (χ3v) is 15.4. The van der Waals surface area contributed by atoms with Gasteiger partial charge in [-0.15, -0.1) is 0 Å². The molecule has 6 nitrogen and oxygen atoms in total. The first-order chi connectivity index (χ1) is 40.0. The first-order valence-corrected chi connectivity index (χ1v) is 35.1. The summed E-state index contributed by atoms with van der Waals surface area (Å²) < 4.78 is 17.0. The molecule has 0 heterocycles. The maximum Gasteiger partial charge on any atom is 0.306 e. The van der Waals surface area contributed by atoms with Crippen molar-refractivity contribution in [3.63, 3.8) is 0 Å². The number of ether oxygens (including phenoxy) is 3. The van der Waals surface area contributed by atoms with Crippen molar-refractivity contribution in [1.29, 1.82) is 0 Å². The minimum absolute atomic E-state index is 0.0763. The normalized spacial score (nSPS) is 12.6. The monoisotopic (exact) mass is 1130 g/mol. The van der Waals surface area contributed by atoms with Gasteiger partial charge in [-0.25, -0.2) is 0 Å². The van der Waals surface area contributed by atoms with Crippen LogP contribution in [0.15, 0.2) is 85.1 Å². The van der Waals surface area contributed by atoms with E-state index in [9.17, 15) is 14.4 Å². The molecular formula is C75H132O6. The Kier molecular flexibility index (Phi) is 66.2. The van der Waals surface area contributed by atoms with E-state index in [-0.39, 0.29) is 31.1 Å². The number of hydrogen-bond donors (Lipinski definition) is 0. The van der Waals surface area contributed by atoms with E-state index >= 15 is 0 Å². The largest absolute Gasteiger partial charge is 0.462 e. The van der Waals surface area contributed by atoms with Gasteiger partial charge in [0.05, 0.1) is 0 Å². The first-order valence-electron chi connectivity index (χ1n) is 35.1. The van der Waals surface area contributed by atoms with Crippen LogP contribution in [0, 0.1) is 0 Å². The Morgan fingerprint density at radius 3 is 0.753 bits per heavy atom. The molecule has 0 aliphatic carbocycles. The van der Waals surface area contributed by atoms with Crippen LogP contribution < -0.4 is 0 Å². The van der Waals surface area contributed by atoms with Crippen molar-refractivity contribution in [2.75, 3.05) is 13.2 Å². The lowest BCUT2D eigenvalue weighted by atomic mass is 10.0. The highest BCUT2D eigenvalue weighted by molar-refractivity contribution is 5.71. The number of rotatable bonds is 64. The summed E-state index contributed by atoms with van der Waals surface area (Å²) in [6, 6.07) is 0. The number of carbonyl (C=O) groups is 3. The Labute approximate surface area is 503 Å². The van der Waals surface area contributed by atoms with Gasteiger partial charge in [0.1, 0.15) is 13.2 Å². The van der Waals surface area contributed by atoms with Crippen LogP contribution in [0.4, 0.5) is 0 Å². The van der Waals surface area contributed by atoms with Crippen LogP contribution in [0.25, 0.3) is 0 Å². The van der Waals surface area contributed by atoms with Crippen LogP contribution in [-0.4, -0.2) is 37.2 Å². The number of unbranched alkanes of at least 4 members (excludes halogenated alkanes) is 39. The fraction of sp³-hybridized carbons (Fsp3) is 0.773. The van der Waals surface area contributed by atoms with Gasteiger partial charge >= 0.3 is 17.9 Å². The summed E-state index contributed by atoms with van der Waals surface area (Å²) in [6.07, 6.45) is 91.6. The maximum atomic E-state index is 13.0. The van der Waals surface area contributed by atoms with E-state index in [1.807, 2.05) is 0 Å². The van der Waals surface area contributed by atoms with Crippen LogP contribution in [-0.2, 0) is 28.6 Å². The number of hydrogen-bond acceptors (Lipinski definition) is 6. The third-order valence-electron chi connectivity index (χ3n) is 15.4. The lowest BCUT2D eigenvalue weighted by molar-refractivity contribution is -0.167. The minimum Gasteiger partial charge on any atom is -0.462 e. The van der Waals surface area contributed by atoms with Gasteiger partial charge in [-0.3, -0.25) is 14.4 Å². The molecule has 0 spiro atoms. The predicted octanol–water partition coefficient (Wildman–Crippen LogP) is 24.2. The smallest absolute Gasteiger partial charge is 0.306 e. The van der Waals surface area contributed by atoms with Gasteiger partial charge < -0.3 is 14.2 Å². The van der Waals surface area contributed by atoms with E-state index in [0.29, 0.717) is 19.3 Å². The zero-order valence-electron chi connectivity index (χ0n) is 53.8. The molecule has 0 aromatic heterocycles. The van der Waals surface area contributed by atoms with Gasteiger partial charge in [-0.05, 0) is 96.3 Å². The van der Waals surface area contributed by atoms with Crippen LogP contribution in [0.5, 0.6) is 0 Å². The van der Waals surface area contributed by atoms with Gasteiger partial charge in [0.2, 0.25) is 0 Å². The van der Waals surface area contributed by atoms with E-state index in [1.54, 1.807) is 0 Å². The van der Waals surface area contributed by atoms with Crippen molar-refractivity contribution in [2.24, 2.45) is 0 Å². The lowest BCUT2D eigenvalue weighted by Crippen LogP contribution is -2.30. The predicted molar refractivity (Wildman–Crippen MR) is 353 cm³/mol. The highest BCUT2D eigenvalue weighted by Crippen LogP contribution is 2.17. The number of carbonyl (C=O) groups excluding carboxylic acids is 3. The molecule has 0 rings (SSSR count). The zero-order chi connectivity index (χ0) is 58.5. The van der Waals surface area contributed by atoms with Gasteiger partial charge in [0.15, 0.2) is 6.10 Å². The molecule has 468 valence electrons. The molecule has 0 saturated carbocycles. The quantitative estimate of drug-likeness (QED) is 0.0261. The molecule has 0 radical (unpaired) electrons. The molecule has 1 unspecified atom stereocenters. The van der Waals surface area contributed by atoms with E-state index in [1.165, 1.54) is 212 Å². The van der Waals surface area contributed by atoms with Crippen LogP contribution in [0.2, 0.25) is 0 Å². The molecule has 0 amide bonds. The Bertz CT molecular complexity index is 1530. The third kappa shape index (κ3) is 67.3. The molecule has 81 heavy (non-hydrogen) atoms. The van der Waals surface area contributed by atoms with Crippen molar-refractivity contribution in [1.82, 2.24) is 0 Å². The van der Waals surface area contributed by atoms with E-state index in [0.717, 1.165) is 103 Å². The first kappa shape index (κ1) is 77.6. The van der Waals surface area contributed by atoms with Crippen molar-refractivity contribution < 1.29 is 28.6 Å². The SMILES string of the molecule is CC/C=C\C/C=C\C/C=C\C/C=C\C/C=C\CCCCCCCCCCCC(=O)OCC(COC(=O)CCCCCCCCCCCCCCCCCCC)OC(=O)CCCCCCCCCCC/C=C\C/C=C\CCCCCCC. The zero-order valence-corrected chi connectivity index (χ0v) is 53.8. The highest BCUT2D eigenvalue weighted by atomic mass is 16.6. The second-order valence-corrected chi connectivity index (χ2v) is 23.4. The molecule has 0 aromatic carbocycles. The fourth-order valence-electron chi connectivity index (χ4n) is 10.2. The van der Waals surface area contributed by atoms with Crippen molar-refractivity contribution in [3.05, 3.63) is 85.1 Å². The van der Waals surface area contributed by atoms with Crippen LogP contribution >= 0.6 is 0 Å². The van der Waals surface area contributed by atoms with Gasteiger partial charge in [0.25, 0.3) is 0 Å². The molecule has 6 heteroatoms. The van der Waals surface area contributed by atoms with Gasteiger partial charge in [0, 0.05) is 19.3 Å². The molecule has 0 aromatic rings. The van der Waals surface area contributed by atoms with Gasteiger partial charge in [-0.2, -0.15) is 0 Å². The summed E-state index contributed by atoms with van der Waals surface area (Å²) in [6.45, 7) is 6.56. The summed E-state index contributed by atoms with van der Waals surface area (Å²) >= 11 is 0. The van der Waals surface area contributed by atoms with Crippen LogP contribution in [0.1, 0.15) is 355 Å². The van der Waals surface area contributed by atoms with E-state index in [2.05, 4.69) is 106 Å². The average Bonchev–Trinajstić information content (AvgIpc) is 3.47. The van der Waals surface area contributed by atoms with Crippen molar-refractivity contribution >= 4 is 17.9 Å². The van der Waals surface area contributed by atoms with E-state index < -0.39 is 6.10 Å². The van der Waals surface area contributed by atoms with Crippen LogP contribution in [0.3, 0.4) is 0 Å². The molecule has 0 aliphatic heterocycles. The molecule has 0 saturated heterocycles. The minimum atomic E-state index is -0.782. The second kappa shape index (κ2) is 69.1. The van der Waals surface area contributed by atoms with Crippen molar-refractivity contribution in [2.45, 2.75) is 361 Å². The Hall–Kier alpha value is -3.41. The molecule has 0 fully saturated rings. The Morgan fingerprint density at radius 2 is 0.481 bits per heavy atom. The lowest BCUT2D eigenvalue weighted by Gasteiger charge is -2.18. The summed E-state index contributed by atoms with van der Waals surface area (Å²) in [4.78, 5) is 38.5. The average molecular weight is 1130 g/mol. The molecule has 1 atom stereocenters. The molecule has 0 bridgehead atoms. The standard InChI is InChI=1S/C75H132O6/c1-4-7-10-13-16-19-22-25-28-31-33-35-36-37-38-40-41-44-47-50-53-56-59-62-65-68-74(77)80-71-72(70-79-73(76)67-64-61-58-55-52-49-46-43-30-27-24-21-18-15-12-9-6-3)81-75(78)69-66-63-60-57-54-51-48-45-42-39-34-32-29-26-23-20-17-14-11-8-5-2/h7,10,16,19,23,25-26,28,32-35,37-38,72H,4-6,8-9,11-15,17-18,20-22,24,27,29-31,36,39-71H2,1-3H3/b10-7-,19-16-,26-23-,28-25-,34-32-,35-33-,38-37-. The molecule has 0 aliphatic rings. The second-order valence-electron chi connectivity index (χ2n) is 23.4. The summed E-state index contributed by atoms with van der Waals surface area (Å²) in [5.74, 6) is -0.866. The number of allylic oxidation sites excluding steroid dienone is 14. The fourth-order valence-corrected chi connectivity index (χ4v) is 10.2. The number of esters is 3. The van der Waals surface area contributed by atoms with Crippen molar-refractivity contribution in [3.8, 4) is 0 Å². The maximum absolute atomic E-state index is 13.0. The Balaban J connectivity index is 4.36. The van der Waals surface area contributed by atoms with Gasteiger partial charge in [-0.1, -0.05) is 324 Å². The highest BCUT2D eigenvalue weighted by Gasteiger charge is 2.19. The Morgan fingerprint density at radius 1 is 0.259 bits per heavy atom. The molecule has 0 N–H and O–H groups in total. The summed E-state index contributed by atoms with van der Waals surface area (Å²) in [7, 11) is 0. The topological polar surface area (TPSA) is 78.9 Å².